The fourth-order valence-electron chi connectivity index (χ4n) is 3.53. The van der Waals surface area contributed by atoms with Crippen LogP contribution in [-0.4, -0.2) is 25.5 Å². The molecule has 21 heavy (non-hydrogen) atoms. The number of fused-ring (bicyclic) bond motifs is 2. The first-order chi connectivity index (χ1) is 9.87. The Morgan fingerprint density at radius 1 is 1.19 bits per heavy atom. The first-order valence-corrected chi connectivity index (χ1v) is 8.41. The second kappa shape index (κ2) is 5.06. The summed E-state index contributed by atoms with van der Waals surface area (Å²) < 4.78 is 29.8. The maximum absolute atomic E-state index is 12.3. The highest BCUT2D eigenvalue weighted by molar-refractivity contribution is 7.86. The summed E-state index contributed by atoms with van der Waals surface area (Å²) in [5.41, 5.74) is 0.960. The van der Waals surface area contributed by atoms with E-state index in [0.717, 1.165) is 5.56 Å². The Kier molecular flexibility index (Phi) is 3.49. The van der Waals surface area contributed by atoms with Gasteiger partial charge in [0.15, 0.2) is 0 Å². The van der Waals surface area contributed by atoms with Crippen LogP contribution in [0.3, 0.4) is 0 Å². The van der Waals surface area contributed by atoms with Gasteiger partial charge in [-0.2, -0.15) is 8.42 Å². The molecular formula is C14H17NO5S. The molecule has 6 nitrogen and oxygen atoms in total. The molecule has 1 aromatic rings. The number of hydrogen-bond acceptors (Lipinski definition) is 5. The molecule has 0 radical (unpaired) electrons. The van der Waals surface area contributed by atoms with Crippen molar-refractivity contribution in [3.8, 4) is 0 Å². The van der Waals surface area contributed by atoms with Crippen molar-refractivity contribution in [2.45, 2.75) is 43.2 Å². The molecule has 3 rings (SSSR count). The second-order valence-electron chi connectivity index (χ2n) is 5.99. The maximum Gasteiger partial charge on any atom is 0.297 e. The minimum Gasteiger partial charge on any atom is -0.264 e. The van der Waals surface area contributed by atoms with Crippen molar-refractivity contribution in [3.63, 3.8) is 0 Å². The molecule has 0 saturated heterocycles. The second-order valence-corrected chi connectivity index (χ2v) is 7.56. The van der Waals surface area contributed by atoms with E-state index < -0.39 is 22.3 Å². The van der Waals surface area contributed by atoms with E-state index in [4.69, 9.17) is 4.18 Å². The molecular weight excluding hydrogens is 294 g/mol. The van der Waals surface area contributed by atoms with E-state index >= 15 is 0 Å². The summed E-state index contributed by atoms with van der Waals surface area (Å²) in [6.07, 6.45) is 1.27. The zero-order valence-electron chi connectivity index (χ0n) is 11.6. The van der Waals surface area contributed by atoms with Gasteiger partial charge < -0.3 is 0 Å². The van der Waals surface area contributed by atoms with Crippen molar-refractivity contribution in [3.05, 3.63) is 39.9 Å². The van der Waals surface area contributed by atoms with Crippen molar-refractivity contribution in [1.82, 2.24) is 0 Å². The molecule has 0 amide bonds. The van der Waals surface area contributed by atoms with Crippen molar-refractivity contribution in [1.29, 1.82) is 0 Å². The minimum atomic E-state index is -3.85. The Labute approximate surface area is 123 Å². The normalized spacial score (nSPS) is 31.5. The van der Waals surface area contributed by atoms with E-state index in [0.29, 0.717) is 19.3 Å². The minimum absolute atomic E-state index is 0.105. The summed E-state index contributed by atoms with van der Waals surface area (Å²) in [4.78, 5) is 10.8. The molecule has 2 fully saturated rings. The standard InChI is InChI=1S/C14H17NO5S/c1-9-2-4-11(5-3-9)21(18,19)20-14-8-10-6-12(14)13(7-10)15(16)17/h2-5,10,12-14H,6-8H2,1H3/t10-,12-,13+,14+/m1/s1. The zero-order valence-corrected chi connectivity index (χ0v) is 12.5. The Morgan fingerprint density at radius 2 is 1.86 bits per heavy atom. The molecule has 2 aliphatic rings. The smallest absolute Gasteiger partial charge is 0.264 e. The first-order valence-electron chi connectivity index (χ1n) is 7.00. The van der Waals surface area contributed by atoms with Gasteiger partial charge in [0, 0.05) is 11.3 Å². The summed E-state index contributed by atoms with van der Waals surface area (Å²) in [6.45, 7) is 1.87. The molecule has 0 spiro atoms. The monoisotopic (exact) mass is 311 g/mol. The molecule has 2 saturated carbocycles. The molecule has 0 aliphatic heterocycles. The van der Waals surface area contributed by atoms with Gasteiger partial charge in [-0.1, -0.05) is 17.7 Å². The fourth-order valence-corrected chi connectivity index (χ4v) is 4.65. The van der Waals surface area contributed by atoms with Gasteiger partial charge in [-0.15, -0.1) is 0 Å². The lowest BCUT2D eigenvalue weighted by molar-refractivity contribution is -0.532. The predicted molar refractivity (Wildman–Crippen MR) is 74.9 cm³/mol. The lowest BCUT2D eigenvalue weighted by Crippen LogP contribution is -2.37. The van der Waals surface area contributed by atoms with Gasteiger partial charge >= 0.3 is 0 Å². The fraction of sp³-hybridized carbons (Fsp3) is 0.571. The molecule has 1 aromatic carbocycles. The van der Waals surface area contributed by atoms with Crippen LogP contribution in [0, 0.1) is 28.9 Å². The molecule has 7 heteroatoms. The van der Waals surface area contributed by atoms with E-state index in [1.54, 1.807) is 12.1 Å². The molecule has 0 unspecified atom stereocenters. The Hall–Kier alpha value is -1.47. The van der Waals surface area contributed by atoms with E-state index in [2.05, 4.69) is 0 Å². The largest absolute Gasteiger partial charge is 0.297 e. The number of nitro groups is 1. The van der Waals surface area contributed by atoms with Crippen molar-refractivity contribution in [2.75, 3.05) is 0 Å². The lowest BCUT2D eigenvalue weighted by atomic mass is 9.93. The van der Waals surface area contributed by atoms with Crippen LogP contribution in [0.2, 0.25) is 0 Å². The van der Waals surface area contributed by atoms with E-state index in [1.165, 1.54) is 12.1 Å². The first kappa shape index (κ1) is 14.5. The maximum atomic E-state index is 12.3. The average molecular weight is 311 g/mol. The third-order valence-electron chi connectivity index (χ3n) is 4.55. The van der Waals surface area contributed by atoms with Crippen molar-refractivity contribution in [2.24, 2.45) is 11.8 Å². The summed E-state index contributed by atoms with van der Waals surface area (Å²) in [5.74, 6) is -0.0751. The molecule has 2 aliphatic carbocycles. The summed E-state index contributed by atoms with van der Waals surface area (Å²) in [5, 5.41) is 11.0. The number of aryl methyl sites for hydroxylation is 1. The SMILES string of the molecule is Cc1ccc(S(=O)(=O)O[C@H]2C[C@@H]3C[C@@H]2[C@@H]([N+](=O)[O-])C3)cc1. The summed E-state index contributed by atoms with van der Waals surface area (Å²) in [6, 6.07) is 5.75. The van der Waals surface area contributed by atoms with Crippen LogP contribution in [0.15, 0.2) is 29.2 Å². The van der Waals surface area contributed by atoms with Gasteiger partial charge in [0.1, 0.15) is 0 Å². The highest BCUT2D eigenvalue weighted by Gasteiger charge is 2.54. The van der Waals surface area contributed by atoms with E-state index in [9.17, 15) is 18.5 Å². The quantitative estimate of drug-likeness (QED) is 0.483. The van der Waals surface area contributed by atoms with Crippen LogP contribution < -0.4 is 0 Å². The van der Waals surface area contributed by atoms with Crippen LogP contribution in [0.5, 0.6) is 0 Å². The number of nitrogens with zero attached hydrogens (tertiary/aromatic N) is 1. The third kappa shape index (κ3) is 2.67. The van der Waals surface area contributed by atoms with Gasteiger partial charge in [-0.05, 0) is 37.8 Å². The molecule has 114 valence electrons. The van der Waals surface area contributed by atoms with Crippen molar-refractivity contribution >= 4 is 10.1 Å². The number of benzene rings is 1. The molecule has 0 N–H and O–H groups in total. The van der Waals surface area contributed by atoms with Gasteiger partial charge in [-0.25, -0.2) is 0 Å². The molecule has 2 bridgehead atoms. The van der Waals surface area contributed by atoms with Crippen molar-refractivity contribution < 1.29 is 17.5 Å². The van der Waals surface area contributed by atoms with Crippen LogP contribution in [0.25, 0.3) is 0 Å². The van der Waals surface area contributed by atoms with E-state index in [1.807, 2.05) is 6.92 Å². The van der Waals surface area contributed by atoms with E-state index in [-0.39, 0.29) is 21.7 Å². The number of hydrogen-bond donors (Lipinski definition) is 0. The lowest BCUT2D eigenvalue weighted by Gasteiger charge is -2.24. The van der Waals surface area contributed by atoms with Gasteiger partial charge in [0.05, 0.1) is 16.9 Å². The Balaban J connectivity index is 1.77. The Bertz CT molecular complexity index is 654. The predicted octanol–water partition coefficient (Wildman–Crippen LogP) is 2.14. The highest BCUT2D eigenvalue weighted by atomic mass is 32.2. The zero-order chi connectivity index (χ0) is 15.2. The molecule has 0 heterocycles. The average Bonchev–Trinajstić information content (AvgIpc) is 2.98. The Morgan fingerprint density at radius 3 is 2.43 bits per heavy atom. The van der Waals surface area contributed by atoms with Crippen LogP contribution in [0.4, 0.5) is 0 Å². The summed E-state index contributed by atoms with van der Waals surface area (Å²) >= 11 is 0. The van der Waals surface area contributed by atoms with Crippen LogP contribution in [-0.2, 0) is 14.3 Å². The molecule has 4 atom stereocenters. The van der Waals surface area contributed by atoms with Gasteiger partial charge in [0.25, 0.3) is 10.1 Å². The highest BCUT2D eigenvalue weighted by Crippen LogP contribution is 2.47. The number of rotatable bonds is 4. The summed E-state index contributed by atoms with van der Waals surface area (Å²) in [7, 11) is -3.85. The van der Waals surface area contributed by atoms with Crippen LogP contribution in [0.1, 0.15) is 24.8 Å². The molecule has 0 aromatic heterocycles. The van der Waals surface area contributed by atoms with Gasteiger partial charge in [0.2, 0.25) is 6.04 Å². The van der Waals surface area contributed by atoms with Crippen LogP contribution >= 0.6 is 0 Å². The van der Waals surface area contributed by atoms with Gasteiger partial charge in [-0.3, -0.25) is 14.3 Å². The topological polar surface area (TPSA) is 86.5 Å². The third-order valence-corrected chi connectivity index (χ3v) is 5.90.